The van der Waals surface area contributed by atoms with Gasteiger partial charge in [0.1, 0.15) is 24.2 Å². The van der Waals surface area contributed by atoms with Crippen molar-refractivity contribution in [1.29, 1.82) is 0 Å². The van der Waals surface area contributed by atoms with Gasteiger partial charge in [-0.2, -0.15) is 0 Å². The summed E-state index contributed by atoms with van der Waals surface area (Å²) in [6.45, 7) is 3.30. The Hall–Kier alpha value is -3.63. The zero-order valence-corrected chi connectivity index (χ0v) is 23.5. The van der Waals surface area contributed by atoms with E-state index in [-0.39, 0.29) is 28.1 Å². The number of rotatable bonds is 12. The van der Waals surface area contributed by atoms with Crippen LogP contribution in [0.5, 0.6) is 5.75 Å². The first-order chi connectivity index (χ1) is 18.6. The van der Waals surface area contributed by atoms with Crippen LogP contribution in [0.3, 0.4) is 0 Å². The summed E-state index contributed by atoms with van der Waals surface area (Å²) >= 11 is 5.98. The highest BCUT2D eigenvalue weighted by atomic mass is 35.5. The van der Waals surface area contributed by atoms with E-state index in [1.54, 1.807) is 56.3 Å². The Bertz CT molecular complexity index is 1390. The number of ether oxygens (including phenoxy) is 1. The van der Waals surface area contributed by atoms with Crippen molar-refractivity contribution < 1.29 is 27.1 Å². The van der Waals surface area contributed by atoms with Gasteiger partial charge in [0.15, 0.2) is 0 Å². The summed E-state index contributed by atoms with van der Waals surface area (Å²) in [5.41, 5.74) is 0.725. The molecular weight excluding hydrogens is 545 g/mol. The molecule has 1 N–H and O–H groups in total. The number of nitrogens with one attached hydrogen (secondary N) is 1. The molecule has 208 valence electrons. The standard InChI is InChI=1S/C28H31ClFN3O5S/c1-4-26(28(35)31-5-2)32(18-20-11-14-22(38-3)15-12-20)27(34)19-33(21-13-16-25(30)24(29)17-21)39(36,37)23-9-7-6-8-10-23/h6-17,26H,4-5,18-19H2,1-3H3,(H,31,35)/t26-/m1/s1. The van der Waals surface area contributed by atoms with E-state index >= 15 is 0 Å². The summed E-state index contributed by atoms with van der Waals surface area (Å²) < 4.78 is 47.5. The average molecular weight is 576 g/mol. The topological polar surface area (TPSA) is 96.0 Å². The SMILES string of the molecule is CCNC(=O)[C@@H](CC)N(Cc1ccc(OC)cc1)C(=O)CN(c1ccc(F)c(Cl)c1)S(=O)(=O)c1ccccc1. The number of carbonyl (C=O) groups is 2. The molecular formula is C28H31ClFN3O5S. The molecule has 0 aromatic heterocycles. The highest BCUT2D eigenvalue weighted by Gasteiger charge is 2.33. The van der Waals surface area contributed by atoms with Gasteiger partial charge < -0.3 is 15.0 Å². The summed E-state index contributed by atoms with van der Waals surface area (Å²) in [5, 5.41) is 2.45. The van der Waals surface area contributed by atoms with Gasteiger partial charge in [0.05, 0.1) is 22.7 Å². The predicted molar refractivity (Wildman–Crippen MR) is 149 cm³/mol. The fourth-order valence-electron chi connectivity index (χ4n) is 4.03. The van der Waals surface area contributed by atoms with Gasteiger partial charge in [0, 0.05) is 13.1 Å². The van der Waals surface area contributed by atoms with E-state index in [1.807, 2.05) is 0 Å². The Morgan fingerprint density at radius 1 is 1.03 bits per heavy atom. The molecule has 1 atom stereocenters. The molecule has 2 amide bonds. The Balaban J connectivity index is 2.06. The van der Waals surface area contributed by atoms with E-state index in [0.717, 1.165) is 16.4 Å². The number of methoxy groups -OCH3 is 1. The third kappa shape index (κ3) is 7.27. The van der Waals surface area contributed by atoms with Crippen LogP contribution in [-0.4, -0.2) is 51.4 Å². The Morgan fingerprint density at radius 3 is 2.26 bits per heavy atom. The third-order valence-electron chi connectivity index (χ3n) is 6.05. The number of carbonyl (C=O) groups excluding carboxylic acids is 2. The van der Waals surface area contributed by atoms with Gasteiger partial charge in [0.2, 0.25) is 11.8 Å². The monoisotopic (exact) mass is 575 g/mol. The molecule has 39 heavy (non-hydrogen) atoms. The second kappa shape index (κ2) is 13.4. The molecule has 11 heteroatoms. The molecule has 0 aliphatic heterocycles. The van der Waals surface area contributed by atoms with Gasteiger partial charge in [-0.25, -0.2) is 12.8 Å². The number of sulfonamides is 1. The average Bonchev–Trinajstić information content (AvgIpc) is 2.94. The van der Waals surface area contributed by atoms with Crippen molar-refractivity contribution in [3.05, 3.63) is 89.2 Å². The lowest BCUT2D eigenvalue weighted by Crippen LogP contribution is -2.52. The minimum Gasteiger partial charge on any atom is -0.497 e. The molecule has 3 aromatic rings. The van der Waals surface area contributed by atoms with E-state index < -0.39 is 34.3 Å². The predicted octanol–water partition coefficient (Wildman–Crippen LogP) is 4.63. The largest absolute Gasteiger partial charge is 0.497 e. The van der Waals surface area contributed by atoms with Gasteiger partial charge in [-0.05, 0) is 61.4 Å². The molecule has 3 rings (SSSR count). The number of amides is 2. The van der Waals surface area contributed by atoms with Crippen molar-refractivity contribution in [1.82, 2.24) is 10.2 Å². The fourth-order valence-corrected chi connectivity index (χ4v) is 5.63. The molecule has 0 radical (unpaired) electrons. The van der Waals surface area contributed by atoms with Crippen molar-refractivity contribution in [3.8, 4) is 5.75 Å². The lowest BCUT2D eigenvalue weighted by molar-refractivity contribution is -0.140. The Kier molecular flexibility index (Phi) is 10.3. The molecule has 0 unspecified atom stereocenters. The van der Waals surface area contributed by atoms with Crippen molar-refractivity contribution in [2.75, 3.05) is 24.5 Å². The number of hydrogen-bond donors (Lipinski definition) is 1. The minimum atomic E-state index is -4.27. The second-order valence-electron chi connectivity index (χ2n) is 8.61. The first-order valence-corrected chi connectivity index (χ1v) is 14.2. The van der Waals surface area contributed by atoms with Crippen LogP contribution in [0.2, 0.25) is 5.02 Å². The number of benzene rings is 3. The Morgan fingerprint density at radius 2 is 1.69 bits per heavy atom. The molecule has 0 saturated heterocycles. The second-order valence-corrected chi connectivity index (χ2v) is 10.9. The normalized spacial score (nSPS) is 11.9. The maximum absolute atomic E-state index is 14.0. The molecule has 0 aliphatic rings. The van der Waals surface area contributed by atoms with E-state index in [2.05, 4.69) is 5.32 Å². The van der Waals surface area contributed by atoms with E-state index in [9.17, 15) is 22.4 Å². The highest BCUT2D eigenvalue weighted by molar-refractivity contribution is 7.92. The lowest BCUT2D eigenvalue weighted by atomic mass is 10.1. The quantitative estimate of drug-likeness (QED) is 0.340. The zero-order valence-electron chi connectivity index (χ0n) is 21.9. The molecule has 0 heterocycles. The van der Waals surface area contributed by atoms with Crippen LogP contribution in [0.4, 0.5) is 10.1 Å². The van der Waals surface area contributed by atoms with Crippen molar-refractivity contribution in [2.45, 2.75) is 37.8 Å². The van der Waals surface area contributed by atoms with Gasteiger partial charge >= 0.3 is 0 Å². The number of nitrogens with zero attached hydrogens (tertiary/aromatic N) is 2. The molecule has 0 spiro atoms. The van der Waals surface area contributed by atoms with Crippen LogP contribution in [-0.2, 0) is 26.2 Å². The fraction of sp³-hybridized carbons (Fsp3) is 0.286. The molecule has 0 fully saturated rings. The zero-order chi connectivity index (χ0) is 28.6. The van der Waals surface area contributed by atoms with Crippen LogP contribution in [0.1, 0.15) is 25.8 Å². The number of likely N-dealkylation sites (N-methyl/N-ethyl adjacent to an activating group) is 1. The van der Waals surface area contributed by atoms with E-state index in [1.165, 1.54) is 30.2 Å². The molecule has 0 saturated carbocycles. The third-order valence-corrected chi connectivity index (χ3v) is 8.13. The van der Waals surface area contributed by atoms with Crippen LogP contribution in [0.15, 0.2) is 77.7 Å². The number of anilines is 1. The minimum absolute atomic E-state index is 0.00839. The summed E-state index contributed by atoms with van der Waals surface area (Å²) in [4.78, 5) is 28.1. The lowest BCUT2D eigenvalue weighted by Gasteiger charge is -2.33. The van der Waals surface area contributed by atoms with Gasteiger partial charge in [-0.15, -0.1) is 0 Å². The summed E-state index contributed by atoms with van der Waals surface area (Å²) in [5.74, 6) is -1.08. The Labute approximate surface area is 233 Å². The van der Waals surface area contributed by atoms with E-state index in [4.69, 9.17) is 16.3 Å². The molecule has 8 nitrogen and oxygen atoms in total. The first kappa shape index (κ1) is 29.9. The van der Waals surface area contributed by atoms with Crippen LogP contribution < -0.4 is 14.4 Å². The smallest absolute Gasteiger partial charge is 0.264 e. The molecule has 0 aliphatic carbocycles. The number of hydrogen-bond acceptors (Lipinski definition) is 5. The van der Waals surface area contributed by atoms with Crippen LogP contribution >= 0.6 is 11.6 Å². The summed E-state index contributed by atoms with van der Waals surface area (Å²) in [6.07, 6.45) is 0.293. The first-order valence-electron chi connectivity index (χ1n) is 12.3. The maximum Gasteiger partial charge on any atom is 0.264 e. The van der Waals surface area contributed by atoms with Crippen molar-refractivity contribution in [2.24, 2.45) is 0 Å². The highest BCUT2D eigenvalue weighted by Crippen LogP contribution is 2.28. The maximum atomic E-state index is 14.0. The van der Waals surface area contributed by atoms with Gasteiger partial charge in [-0.1, -0.05) is 48.9 Å². The van der Waals surface area contributed by atoms with Crippen molar-refractivity contribution in [3.63, 3.8) is 0 Å². The summed E-state index contributed by atoms with van der Waals surface area (Å²) in [6, 6.07) is 17.1. The van der Waals surface area contributed by atoms with Crippen LogP contribution in [0, 0.1) is 5.82 Å². The van der Waals surface area contributed by atoms with Gasteiger partial charge in [-0.3, -0.25) is 13.9 Å². The number of halogens is 2. The van der Waals surface area contributed by atoms with E-state index in [0.29, 0.717) is 24.3 Å². The van der Waals surface area contributed by atoms with Crippen molar-refractivity contribution >= 4 is 39.1 Å². The van der Waals surface area contributed by atoms with Crippen LogP contribution in [0.25, 0.3) is 0 Å². The summed E-state index contributed by atoms with van der Waals surface area (Å²) in [7, 11) is -2.73. The molecule has 3 aromatic carbocycles. The molecule has 0 bridgehead atoms. The van der Waals surface area contributed by atoms with Gasteiger partial charge in [0.25, 0.3) is 10.0 Å².